The molecule has 2 aromatic heterocycles. The van der Waals surface area contributed by atoms with Gasteiger partial charge in [0.1, 0.15) is 0 Å². The number of hydrogen-bond donors (Lipinski definition) is 1. The molecule has 3 aromatic rings. The summed E-state index contributed by atoms with van der Waals surface area (Å²) >= 11 is 0. The van der Waals surface area contributed by atoms with Crippen molar-refractivity contribution in [2.75, 3.05) is 6.54 Å². The van der Waals surface area contributed by atoms with E-state index in [0.29, 0.717) is 0 Å². The van der Waals surface area contributed by atoms with Crippen LogP contribution in [0.1, 0.15) is 11.1 Å². The van der Waals surface area contributed by atoms with E-state index in [1.54, 1.807) is 0 Å². The van der Waals surface area contributed by atoms with Gasteiger partial charge in [0.2, 0.25) is 0 Å². The maximum absolute atomic E-state index is 4.13. The van der Waals surface area contributed by atoms with E-state index in [0.717, 1.165) is 19.5 Å². The van der Waals surface area contributed by atoms with Gasteiger partial charge in [0.05, 0.1) is 0 Å². The number of benzene rings is 1. The van der Waals surface area contributed by atoms with Crippen molar-refractivity contribution in [2.45, 2.75) is 13.0 Å². The Morgan fingerprint density at radius 1 is 0.800 bits per heavy atom. The molecular weight excluding hydrogens is 246 g/mol. The molecule has 0 radical (unpaired) electrons. The molecule has 20 heavy (non-hydrogen) atoms. The average molecular weight is 263 g/mol. The second-order valence-corrected chi connectivity index (χ2v) is 4.84. The first-order chi connectivity index (χ1) is 9.92. The summed E-state index contributed by atoms with van der Waals surface area (Å²) < 4.78 is 0. The Kier molecular flexibility index (Phi) is 3.99. The molecule has 0 spiro atoms. The van der Waals surface area contributed by atoms with Crippen molar-refractivity contribution in [3.8, 4) is 0 Å². The van der Waals surface area contributed by atoms with E-state index in [1.165, 1.54) is 21.9 Å². The number of rotatable bonds is 5. The fourth-order valence-corrected chi connectivity index (χ4v) is 2.26. The lowest BCUT2D eigenvalue weighted by Gasteiger charge is -2.06. The zero-order valence-electron chi connectivity index (χ0n) is 11.3. The molecule has 0 amide bonds. The van der Waals surface area contributed by atoms with Gasteiger partial charge < -0.3 is 5.32 Å². The van der Waals surface area contributed by atoms with Crippen LogP contribution in [0.5, 0.6) is 0 Å². The Morgan fingerprint density at radius 3 is 2.55 bits per heavy atom. The standard InChI is InChI=1S/C17H17N3/c1-2-17-13-20-10-6-16(17)11-15(1)12-19-9-5-14-3-7-18-8-4-14/h1-4,6-8,10-11,13,19H,5,9,12H2. The molecule has 0 aliphatic rings. The maximum Gasteiger partial charge on any atom is 0.0346 e. The zero-order valence-corrected chi connectivity index (χ0v) is 11.3. The number of aromatic nitrogens is 2. The van der Waals surface area contributed by atoms with Crippen molar-refractivity contribution in [3.63, 3.8) is 0 Å². The minimum atomic E-state index is 0.892. The molecular formula is C17H17N3. The maximum atomic E-state index is 4.13. The lowest BCUT2D eigenvalue weighted by Crippen LogP contribution is -2.16. The minimum Gasteiger partial charge on any atom is -0.312 e. The zero-order chi connectivity index (χ0) is 13.6. The van der Waals surface area contributed by atoms with Gasteiger partial charge >= 0.3 is 0 Å². The molecule has 2 heterocycles. The molecule has 3 nitrogen and oxygen atoms in total. The summed E-state index contributed by atoms with van der Waals surface area (Å²) in [5.41, 5.74) is 2.62. The fourth-order valence-electron chi connectivity index (χ4n) is 2.26. The van der Waals surface area contributed by atoms with Crippen LogP contribution in [0.2, 0.25) is 0 Å². The molecule has 0 unspecified atom stereocenters. The molecule has 0 saturated heterocycles. The van der Waals surface area contributed by atoms with Gasteiger partial charge in [0, 0.05) is 36.7 Å². The first-order valence-electron chi connectivity index (χ1n) is 6.84. The second kappa shape index (κ2) is 6.26. The van der Waals surface area contributed by atoms with Crippen LogP contribution in [0.4, 0.5) is 0 Å². The second-order valence-electron chi connectivity index (χ2n) is 4.84. The van der Waals surface area contributed by atoms with Gasteiger partial charge in [-0.25, -0.2) is 0 Å². The number of hydrogen-bond acceptors (Lipinski definition) is 3. The van der Waals surface area contributed by atoms with Crippen molar-refractivity contribution in [1.29, 1.82) is 0 Å². The molecule has 0 saturated carbocycles. The predicted octanol–water partition coefficient (Wildman–Crippen LogP) is 2.96. The monoisotopic (exact) mass is 263 g/mol. The number of nitrogens with one attached hydrogen (secondary N) is 1. The quantitative estimate of drug-likeness (QED) is 0.719. The van der Waals surface area contributed by atoms with Crippen molar-refractivity contribution >= 4 is 10.8 Å². The van der Waals surface area contributed by atoms with E-state index < -0.39 is 0 Å². The van der Waals surface area contributed by atoms with Gasteiger partial charge in [-0.05, 0) is 53.7 Å². The van der Waals surface area contributed by atoms with E-state index in [4.69, 9.17) is 0 Å². The van der Waals surface area contributed by atoms with Crippen molar-refractivity contribution < 1.29 is 0 Å². The third-order valence-electron chi connectivity index (χ3n) is 3.37. The van der Waals surface area contributed by atoms with Crippen LogP contribution in [-0.4, -0.2) is 16.5 Å². The fraction of sp³-hybridized carbons (Fsp3) is 0.176. The van der Waals surface area contributed by atoms with Crippen LogP contribution in [0.15, 0.2) is 61.2 Å². The molecule has 1 aromatic carbocycles. The third-order valence-corrected chi connectivity index (χ3v) is 3.37. The van der Waals surface area contributed by atoms with Gasteiger partial charge in [-0.1, -0.05) is 12.1 Å². The third kappa shape index (κ3) is 3.19. The summed E-state index contributed by atoms with van der Waals surface area (Å²) in [4.78, 5) is 8.16. The van der Waals surface area contributed by atoms with Gasteiger partial charge in [-0.3, -0.25) is 9.97 Å². The van der Waals surface area contributed by atoms with Crippen LogP contribution in [0, 0.1) is 0 Å². The van der Waals surface area contributed by atoms with Crippen LogP contribution in [0.3, 0.4) is 0 Å². The summed E-state index contributed by atoms with van der Waals surface area (Å²) in [6, 6.07) is 12.7. The highest BCUT2D eigenvalue weighted by atomic mass is 14.8. The molecule has 100 valence electrons. The topological polar surface area (TPSA) is 37.8 Å². The molecule has 0 aliphatic heterocycles. The first kappa shape index (κ1) is 12.8. The molecule has 0 bridgehead atoms. The normalized spacial score (nSPS) is 10.8. The lowest BCUT2D eigenvalue weighted by atomic mass is 10.1. The Morgan fingerprint density at radius 2 is 1.65 bits per heavy atom. The van der Waals surface area contributed by atoms with Crippen LogP contribution < -0.4 is 5.32 Å². The van der Waals surface area contributed by atoms with Crippen molar-refractivity contribution in [1.82, 2.24) is 15.3 Å². The van der Waals surface area contributed by atoms with Gasteiger partial charge in [-0.2, -0.15) is 0 Å². The van der Waals surface area contributed by atoms with E-state index in [-0.39, 0.29) is 0 Å². The van der Waals surface area contributed by atoms with Crippen LogP contribution >= 0.6 is 0 Å². The Hall–Kier alpha value is -2.26. The summed E-state index contributed by atoms with van der Waals surface area (Å²) in [6.45, 7) is 1.86. The largest absolute Gasteiger partial charge is 0.312 e. The van der Waals surface area contributed by atoms with Gasteiger partial charge in [-0.15, -0.1) is 0 Å². The summed E-state index contributed by atoms with van der Waals surface area (Å²) in [5, 5.41) is 5.91. The van der Waals surface area contributed by atoms with Gasteiger partial charge in [0.25, 0.3) is 0 Å². The molecule has 0 atom stereocenters. The Bertz CT molecular complexity index is 680. The smallest absolute Gasteiger partial charge is 0.0346 e. The summed E-state index contributed by atoms with van der Waals surface area (Å²) in [5.74, 6) is 0. The van der Waals surface area contributed by atoms with E-state index in [1.807, 2.05) is 24.8 Å². The highest BCUT2D eigenvalue weighted by molar-refractivity contribution is 5.81. The van der Waals surface area contributed by atoms with Crippen LogP contribution in [-0.2, 0) is 13.0 Å². The molecule has 1 N–H and O–H groups in total. The Labute approximate surface area is 118 Å². The molecule has 0 aliphatic carbocycles. The minimum absolute atomic E-state index is 0.892. The first-order valence-corrected chi connectivity index (χ1v) is 6.84. The number of fused-ring (bicyclic) bond motifs is 1. The molecule has 3 rings (SSSR count). The van der Waals surface area contributed by atoms with Gasteiger partial charge in [0.15, 0.2) is 0 Å². The summed E-state index contributed by atoms with van der Waals surface area (Å²) in [7, 11) is 0. The number of pyridine rings is 2. The highest BCUT2D eigenvalue weighted by Gasteiger charge is 1.97. The number of nitrogens with zero attached hydrogens (tertiary/aromatic N) is 2. The van der Waals surface area contributed by atoms with Crippen molar-refractivity contribution in [3.05, 3.63) is 72.3 Å². The predicted molar refractivity (Wildman–Crippen MR) is 81.4 cm³/mol. The van der Waals surface area contributed by atoms with Crippen LogP contribution in [0.25, 0.3) is 10.8 Å². The summed E-state index contributed by atoms with van der Waals surface area (Å²) in [6.07, 6.45) is 8.44. The Balaban J connectivity index is 1.55. The average Bonchev–Trinajstić information content (AvgIpc) is 2.52. The van der Waals surface area contributed by atoms with E-state index >= 15 is 0 Å². The SMILES string of the molecule is c1cc(CCNCc2ccc3cnccc3c2)ccn1. The van der Waals surface area contributed by atoms with E-state index in [2.05, 4.69) is 51.7 Å². The molecule has 0 fully saturated rings. The van der Waals surface area contributed by atoms with Crippen molar-refractivity contribution in [2.24, 2.45) is 0 Å². The van der Waals surface area contributed by atoms with E-state index in [9.17, 15) is 0 Å². The highest BCUT2D eigenvalue weighted by Crippen LogP contribution is 2.14. The lowest BCUT2D eigenvalue weighted by molar-refractivity contribution is 0.687. The molecule has 3 heteroatoms.